The molecule has 2 nitrogen and oxygen atoms in total. The van der Waals surface area contributed by atoms with Gasteiger partial charge in [-0.1, -0.05) is 34.6 Å². The highest BCUT2D eigenvalue weighted by Crippen LogP contribution is 2.44. The summed E-state index contributed by atoms with van der Waals surface area (Å²) >= 11 is 0. The van der Waals surface area contributed by atoms with E-state index in [1.165, 1.54) is 25.7 Å². The second-order valence-corrected chi connectivity index (χ2v) is 7.61. The molecular formula is C16H31NO. The first-order valence-electron chi connectivity index (χ1n) is 7.77. The smallest absolute Gasteiger partial charge is 0.0656 e. The molecule has 18 heavy (non-hydrogen) atoms. The SMILES string of the molecule is CC(C)COC1CC(NC2CCC(C)C2)C1(C)C. The van der Waals surface area contributed by atoms with E-state index in [1.807, 2.05) is 0 Å². The quantitative estimate of drug-likeness (QED) is 0.808. The Morgan fingerprint density at radius 2 is 1.94 bits per heavy atom. The highest BCUT2D eigenvalue weighted by Gasteiger charge is 2.49. The van der Waals surface area contributed by atoms with Crippen molar-refractivity contribution in [3.05, 3.63) is 0 Å². The topological polar surface area (TPSA) is 21.3 Å². The van der Waals surface area contributed by atoms with Crippen molar-refractivity contribution < 1.29 is 4.74 Å². The van der Waals surface area contributed by atoms with Gasteiger partial charge in [0.25, 0.3) is 0 Å². The van der Waals surface area contributed by atoms with Crippen LogP contribution < -0.4 is 5.32 Å². The minimum atomic E-state index is 0.306. The van der Waals surface area contributed by atoms with Gasteiger partial charge in [0.15, 0.2) is 0 Å². The van der Waals surface area contributed by atoms with Crippen LogP contribution in [0, 0.1) is 17.3 Å². The van der Waals surface area contributed by atoms with E-state index < -0.39 is 0 Å². The van der Waals surface area contributed by atoms with E-state index >= 15 is 0 Å². The van der Waals surface area contributed by atoms with Crippen molar-refractivity contribution in [3.8, 4) is 0 Å². The molecule has 2 aliphatic carbocycles. The van der Waals surface area contributed by atoms with Crippen molar-refractivity contribution in [2.75, 3.05) is 6.61 Å². The Labute approximate surface area is 113 Å². The Balaban J connectivity index is 1.76. The van der Waals surface area contributed by atoms with Gasteiger partial charge in [0, 0.05) is 24.1 Å². The summed E-state index contributed by atoms with van der Waals surface area (Å²) in [5, 5.41) is 3.87. The van der Waals surface area contributed by atoms with Crippen LogP contribution in [0.5, 0.6) is 0 Å². The predicted octanol–water partition coefficient (Wildman–Crippen LogP) is 3.60. The minimum absolute atomic E-state index is 0.306. The van der Waals surface area contributed by atoms with E-state index in [0.717, 1.165) is 18.6 Å². The van der Waals surface area contributed by atoms with Crippen molar-refractivity contribution in [1.82, 2.24) is 5.32 Å². The van der Waals surface area contributed by atoms with E-state index in [0.29, 0.717) is 23.5 Å². The van der Waals surface area contributed by atoms with Gasteiger partial charge in [0.2, 0.25) is 0 Å². The molecule has 2 heteroatoms. The van der Waals surface area contributed by atoms with Crippen LogP contribution in [0.1, 0.15) is 60.3 Å². The van der Waals surface area contributed by atoms with Gasteiger partial charge in [0.05, 0.1) is 6.10 Å². The molecule has 0 bridgehead atoms. The summed E-state index contributed by atoms with van der Waals surface area (Å²) in [5.74, 6) is 1.56. The average Bonchev–Trinajstić information content (AvgIpc) is 2.68. The van der Waals surface area contributed by atoms with Crippen molar-refractivity contribution in [3.63, 3.8) is 0 Å². The van der Waals surface area contributed by atoms with Crippen molar-refractivity contribution >= 4 is 0 Å². The molecule has 0 heterocycles. The maximum Gasteiger partial charge on any atom is 0.0656 e. The lowest BCUT2D eigenvalue weighted by Crippen LogP contribution is -2.62. The van der Waals surface area contributed by atoms with E-state index in [1.54, 1.807) is 0 Å². The van der Waals surface area contributed by atoms with Gasteiger partial charge in [-0.15, -0.1) is 0 Å². The van der Waals surface area contributed by atoms with Gasteiger partial charge in [0.1, 0.15) is 0 Å². The summed E-state index contributed by atoms with van der Waals surface area (Å²) in [6.45, 7) is 12.4. The standard InChI is InChI=1S/C16H31NO/c1-11(2)10-18-15-9-14(16(15,4)5)17-13-7-6-12(3)8-13/h11-15,17H,6-10H2,1-5H3. The van der Waals surface area contributed by atoms with E-state index in [2.05, 4.69) is 39.9 Å². The Morgan fingerprint density at radius 3 is 2.44 bits per heavy atom. The van der Waals surface area contributed by atoms with Crippen LogP contribution in [-0.4, -0.2) is 24.8 Å². The molecule has 106 valence electrons. The second kappa shape index (κ2) is 5.50. The molecule has 2 fully saturated rings. The third kappa shape index (κ3) is 3.08. The molecule has 2 rings (SSSR count). The van der Waals surface area contributed by atoms with Crippen LogP contribution in [0.4, 0.5) is 0 Å². The lowest BCUT2D eigenvalue weighted by atomic mass is 9.64. The number of hydrogen-bond acceptors (Lipinski definition) is 2. The summed E-state index contributed by atoms with van der Waals surface area (Å²) in [6, 6.07) is 1.42. The fraction of sp³-hybridized carbons (Fsp3) is 1.00. The number of rotatable bonds is 5. The first-order valence-corrected chi connectivity index (χ1v) is 7.77. The molecule has 0 saturated heterocycles. The van der Waals surface area contributed by atoms with Crippen LogP contribution >= 0.6 is 0 Å². The van der Waals surface area contributed by atoms with E-state index in [9.17, 15) is 0 Å². The highest BCUT2D eigenvalue weighted by atomic mass is 16.5. The van der Waals surface area contributed by atoms with Gasteiger partial charge in [-0.2, -0.15) is 0 Å². The fourth-order valence-electron chi connectivity index (χ4n) is 3.40. The summed E-state index contributed by atoms with van der Waals surface area (Å²) in [7, 11) is 0. The number of ether oxygens (including phenoxy) is 1. The predicted molar refractivity (Wildman–Crippen MR) is 76.7 cm³/mol. The zero-order chi connectivity index (χ0) is 13.3. The minimum Gasteiger partial charge on any atom is -0.377 e. The van der Waals surface area contributed by atoms with Crippen molar-refractivity contribution in [2.45, 2.75) is 78.5 Å². The molecule has 2 saturated carbocycles. The molecule has 4 atom stereocenters. The summed E-state index contributed by atoms with van der Waals surface area (Å²) < 4.78 is 6.03. The largest absolute Gasteiger partial charge is 0.377 e. The molecule has 0 amide bonds. The molecule has 0 aromatic rings. The van der Waals surface area contributed by atoms with Crippen LogP contribution in [0.3, 0.4) is 0 Å². The van der Waals surface area contributed by atoms with Crippen molar-refractivity contribution in [1.29, 1.82) is 0 Å². The van der Waals surface area contributed by atoms with Gasteiger partial charge < -0.3 is 10.1 Å². The highest BCUT2D eigenvalue weighted by molar-refractivity contribution is 5.04. The maximum atomic E-state index is 6.03. The average molecular weight is 253 g/mol. The van der Waals surface area contributed by atoms with Gasteiger partial charge in [-0.05, 0) is 37.5 Å². The Morgan fingerprint density at radius 1 is 1.22 bits per heavy atom. The summed E-state index contributed by atoms with van der Waals surface area (Å²) in [5.41, 5.74) is 0.306. The number of hydrogen-bond donors (Lipinski definition) is 1. The van der Waals surface area contributed by atoms with Crippen LogP contribution in [-0.2, 0) is 4.74 Å². The second-order valence-electron chi connectivity index (χ2n) is 7.61. The summed E-state index contributed by atoms with van der Waals surface area (Å²) in [6.07, 6.45) is 5.79. The molecule has 0 radical (unpaired) electrons. The molecule has 0 aromatic carbocycles. The number of nitrogens with one attached hydrogen (secondary N) is 1. The lowest BCUT2D eigenvalue weighted by Gasteiger charge is -2.53. The zero-order valence-corrected chi connectivity index (χ0v) is 12.8. The van der Waals surface area contributed by atoms with E-state index in [4.69, 9.17) is 4.74 Å². The molecule has 1 N–H and O–H groups in total. The fourth-order valence-corrected chi connectivity index (χ4v) is 3.40. The van der Waals surface area contributed by atoms with Gasteiger partial charge >= 0.3 is 0 Å². The molecule has 0 spiro atoms. The van der Waals surface area contributed by atoms with Crippen molar-refractivity contribution in [2.24, 2.45) is 17.3 Å². The third-order valence-electron chi connectivity index (χ3n) is 4.94. The zero-order valence-electron chi connectivity index (χ0n) is 12.8. The first kappa shape index (κ1) is 14.3. The van der Waals surface area contributed by atoms with Crippen LogP contribution in [0.2, 0.25) is 0 Å². The third-order valence-corrected chi connectivity index (χ3v) is 4.94. The molecule has 0 aromatic heterocycles. The molecule has 0 aliphatic heterocycles. The first-order chi connectivity index (χ1) is 8.39. The van der Waals surface area contributed by atoms with Crippen LogP contribution in [0.15, 0.2) is 0 Å². The molecular weight excluding hydrogens is 222 g/mol. The normalized spacial score (nSPS) is 39.0. The maximum absolute atomic E-state index is 6.03. The van der Waals surface area contributed by atoms with E-state index in [-0.39, 0.29) is 0 Å². The Hall–Kier alpha value is -0.0800. The van der Waals surface area contributed by atoms with Gasteiger partial charge in [-0.3, -0.25) is 0 Å². The van der Waals surface area contributed by atoms with Gasteiger partial charge in [-0.25, -0.2) is 0 Å². The molecule has 4 unspecified atom stereocenters. The Bertz CT molecular complexity index is 274. The summed E-state index contributed by atoms with van der Waals surface area (Å²) in [4.78, 5) is 0. The lowest BCUT2D eigenvalue weighted by molar-refractivity contribution is -0.125. The Kier molecular flexibility index (Phi) is 4.38. The van der Waals surface area contributed by atoms with Crippen LogP contribution in [0.25, 0.3) is 0 Å². The monoisotopic (exact) mass is 253 g/mol. The molecule has 2 aliphatic rings.